The number of rotatable bonds is 5. The van der Waals surface area contributed by atoms with Crippen molar-refractivity contribution in [2.75, 3.05) is 21.3 Å². The second-order valence-electron chi connectivity index (χ2n) is 9.65. The first-order valence-corrected chi connectivity index (χ1v) is 13.0. The molecule has 3 fully saturated rings. The number of aliphatic carboxylic acids is 1. The molecule has 3 aliphatic rings. The number of esters is 1. The average molecular weight is 561 g/mol. The lowest BCUT2D eigenvalue weighted by molar-refractivity contribution is -0.192. The van der Waals surface area contributed by atoms with Crippen LogP contribution < -0.4 is 10.1 Å². The Balaban J connectivity index is 0.000000505. The normalized spacial score (nSPS) is 27.4. The summed E-state index contributed by atoms with van der Waals surface area (Å²) in [5, 5.41) is 11.0. The standard InChI is InChI=1S/C23H30N2O5S.C2HF3O2/c1-23(22(28)30-4)18-17(20(26)25(2)21(18)27)19(24-23)13-10-11-16(15(12-13)29-3)31-14-8-6-5-7-9-14;3-2(4,5)1(6)7/h10-12,14,17-19,24H,5-9H2,1-4H3;(H,6,7)/t17-,18-,19-,23-;/m1./s1. The number of thioether (sulfide) groups is 1. The second kappa shape index (κ2) is 11.5. The summed E-state index contributed by atoms with van der Waals surface area (Å²) in [6, 6.07) is 5.45. The van der Waals surface area contributed by atoms with Crippen LogP contribution in [0.4, 0.5) is 13.2 Å². The first-order chi connectivity index (χ1) is 17.8. The Bertz CT molecular complexity index is 1090. The van der Waals surface area contributed by atoms with Gasteiger partial charge in [-0.3, -0.25) is 24.6 Å². The number of carboxylic acids is 1. The zero-order valence-corrected chi connectivity index (χ0v) is 22.3. The predicted octanol–water partition coefficient (Wildman–Crippen LogP) is 3.56. The van der Waals surface area contributed by atoms with E-state index in [1.165, 1.54) is 46.3 Å². The summed E-state index contributed by atoms with van der Waals surface area (Å²) in [5.74, 6) is -4.64. The third-order valence-corrected chi connectivity index (χ3v) is 8.65. The highest BCUT2D eigenvalue weighted by Crippen LogP contribution is 2.49. The molecular formula is C25H31F3N2O7S. The molecule has 2 heterocycles. The van der Waals surface area contributed by atoms with Crippen molar-refractivity contribution >= 4 is 35.5 Å². The molecule has 2 N–H and O–H groups in total. The van der Waals surface area contributed by atoms with Crippen LogP contribution in [0.15, 0.2) is 23.1 Å². The highest BCUT2D eigenvalue weighted by atomic mass is 32.2. The van der Waals surface area contributed by atoms with Crippen LogP contribution in [-0.2, 0) is 23.9 Å². The molecule has 210 valence electrons. The minimum Gasteiger partial charge on any atom is -0.496 e. The van der Waals surface area contributed by atoms with Gasteiger partial charge in [0.2, 0.25) is 11.8 Å². The largest absolute Gasteiger partial charge is 0.496 e. The summed E-state index contributed by atoms with van der Waals surface area (Å²) in [4.78, 5) is 49.5. The number of fused-ring (bicyclic) bond motifs is 1. The molecule has 38 heavy (non-hydrogen) atoms. The summed E-state index contributed by atoms with van der Waals surface area (Å²) in [5.41, 5.74) is -0.450. The number of benzene rings is 1. The first-order valence-electron chi connectivity index (χ1n) is 12.1. The summed E-state index contributed by atoms with van der Waals surface area (Å²) < 4.78 is 42.4. The maximum absolute atomic E-state index is 12.9. The number of carboxylic acid groups (broad SMARTS) is 1. The van der Waals surface area contributed by atoms with Crippen molar-refractivity contribution in [1.29, 1.82) is 0 Å². The van der Waals surface area contributed by atoms with Gasteiger partial charge in [0.1, 0.15) is 11.3 Å². The molecule has 4 atom stereocenters. The number of ether oxygens (including phenoxy) is 2. The summed E-state index contributed by atoms with van der Waals surface area (Å²) in [6.07, 6.45) is 1.18. The predicted molar refractivity (Wildman–Crippen MR) is 130 cm³/mol. The number of carbonyl (C=O) groups excluding carboxylic acids is 3. The van der Waals surface area contributed by atoms with Crippen LogP contribution in [0.2, 0.25) is 0 Å². The number of nitrogens with zero attached hydrogens (tertiary/aromatic N) is 1. The van der Waals surface area contributed by atoms with E-state index in [9.17, 15) is 27.6 Å². The molecule has 1 aliphatic carbocycles. The fourth-order valence-electron chi connectivity index (χ4n) is 5.31. The van der Waals surface area contributed by atoms with E-state index in [4.69, 9.17) is 19.4 Å². The zero-order chi connectivity index (χ0) is 28.4. The summed E-state index contributed by atoms with van der Waals surface area (Å²) in [7, 11) is 4.41. The third-order valence-electron chi connectivity index (χ3n) is 7.25. The lowest BCUT2D eigenvalue weighted by Gasteiger charge is -2.28. The second-order valence-corrected chi connectivity index (χ2v) is 11.0. The van der Waals surface area contributed by atoms with E-state index in [1.807, 2.05) is 30.0 Å². The Morgan fingerprint density at radius 1 is 1.13 bits per heavy atom. The lowest BCUT2D eigenvalue weighted by Crippen LogP contribution is -2.53. The molecule has 9 nitrogen and oxygen atoms in total. The van der Waals surface area contributed by atoms with Crippen LogP contribution in [-0.4, -0.2) is 72.0 Å². The minimum atomic E-state index is -5.08. The Labute approximate surface area is 222 Å². The lowest BCUT2D eigenvalue weighted by atomic mass is 9.80. The molecular weight excluding hydrogens is 529 g/mol. The number of carbonyl (C=O) groups is 4. The quantitative estimate of drug-likeness (QED) is 0.411. The van der Waals surface area contributed by atoms with Crippen molar-refractivity contribution in [3.05, 3.63) is 23.8 Å². The number of alkyl halides is 3. The molecule has 2 aliphatic heterocycles. The highest BCUT2D eigenvalue weighted by molar-refractivity contribution is 8.00. The van der Waals surface area contributed by atoms with E-state index in [0.717, 1.165) is 21.1 Å². The molecule has 13 heteroatoms. The van der Waals surface area contributed by atoms with E-state index < -0.39 is 41.5 Å². The van der Waals surface area contributed by atoms with Crippen molar-refractivity contribution in [3.8, 4) is 5.75 Å². The van der Waals surface area contributed by atoms with Crippen LogP contribution in [0.5, 0.6) is 5.75 Å². The van der Waals surface area contributed by atoms with E-state index in [2.05, 4.69) is 5.32 Å². The SMILES string of the molecule is COC(=O)[C@]1(C)N[C@H](c2ccc(SC3CCCCC3)c(OC)c2)[C@@H]2C(=O)N(C)C(=O)[C@@H]21.O=C(O)C(F)(F)F. The minimum absolute atomic E-state index is 0.278. The van der Waals surface area contributed by atoms with Gasteiger partial charge in [-0.2, -0.15) is 13.2 Å². The third kappa shape index (κ3) is 5.78. The molecule has 1 aromatic rings. The van der Waals surface area contributed by atoms with Crippen LogP contribution in [0.1, 0.15) is 50.6 Å². The average Bonchev–Trinajstić information content (AvgIpc) is 3.32. The molecule has 2 saturated heterocycles. The number of likely N-dealkylation sites (tertiary alicyclic amines) is 1. The van der Waals surface area contributed by atoms with Crippen molar-refractivity contribution in [3.63, 3.8) is 0 Å². The van der Waals surface area contributed by atoms with Gasteiger partial charge in [0, 0.05) is 23.2 Å². The fraction of sp³-hybridized carbons (Fsp3) is 0.600. The Kier molecular flexibility index (Phi) is 9.02. The molecule has 1 saturated carbocycles. The van der Waals surface area contributed by atoms with Gasteiger partial charge in [-0.05, 0) is 37.5 Å². The van der Waals surface area contributed by atoms with Crippen LogP contribution in [0, 0.1) is 11.8 Å². The fourth-order valence-corrected chi connectivity index (χ4v) is 6.64. The number of methoxy groups -OCH3 is 2. The van der Waals surface area contributed by atoms with E-state index in [1.54, 1.807) is 14.0 Å². The van der Waals surface area contributed by atoms with Crippen LogP contribution in [0.3, 0.4) is 0 Å². The first kappa shape index (κ1) is 29.8. The molecule has 0 radical (unpaired) electrons. The topological polar surface area (TPSA) is 122 Å². The van der Waals surface area contributed by atoms with Gasteiger partial charge in [0.15, 0.2) is 0 Å². The van der Waals surface area contributed by atoms with Crippen molar-refractivity contribution < 1.29 is 46.9 Å². The Morgan fingerprint density at radius 2 is 1.74 bits per heavy atom. The van der Waals surface area contributed by atoms with Gasteiger partial charge < -0.3 is 14.6 Å². The molecule has 1 aromatic carbocycles. The van der Waals surface area contributed by atoms with Crippen molar-refractivity contribution in [2.24, 2.45) is 11.8 Å². The number of imide groups is 1. The van der Waals surface area contributed by atoms with Gasteiger partial charge in [0.25, 0.3) is 0 Å². The Morgan fingerprint density at radius 3 is 2.26 bits per heavy atom. The molecule has 0 spiro atoms. The van der Waals surface area contributed by atoms with Gasteiger partial charge in [-0.15, -0.1) is 11.8 Å². The maximum Gasteiger partial charge on any atom is 0.490 e. The van der Waals surface area contributed by atoms with Gasteiger partial charge in [-0.25, -0.2) is 4.79 Å². The molecule has 0 aromatic heterocycles. The summed E-state index contributed by atoms with van der Waals surface area (Å²) in [6.45, 7) is 1.64. The van der Waals surface area contributed by atoms with Gasteiger partial charge in [-0.1, -0.05) is 25.3 Å². The van der Waals surface area contributed by atoms with Crippen molar-refractivity contribution in [2.45, 2.75) is 66.9 Å². The molecule has 0 bridgehead atoms. The summed E-state index contributed by atoms with van der Waals surface area (Å²) >= 11 is 1.85. The number of hydrogen-bond donors (Lipinski definition) is 2. The molecule has 2 amide bonds. The van der Waals surface area contributed by atoms with Gasteiger partial charge >= 0.3 is 18.1 Å². The maximum atomic E-state index is 12.9. The van der Waals surface area contributed by atoms with Gasteiger partial charge in [0.05, 0.1) is 26.1 Å². The Hall–Kier alpha value is -2.80. The number of nitrogens with one attached hydrogen (secondary N) is 1. The van der Waals surface area contributed by atoms with E-state index >= 15 is 0 Å². The zero-order valence-electron chi connectivity index (χ0n) is 21.5. The van der Waals surface area contributed by atoms with Crippen molar-refractivity contribution in [1.82, 2.24) is 10.2 Å². The smallest absolute Gasteiger partial charge is 0.490 e. The molecule has 0 unspecified atom stereocenters. The number of hydrogen-bond acceptors (Lipinski definition) is 8. The van der Waals surface area contributed by atoms with Crippen LogP contribution in [0.25, 0.3) is 0 Å². The van der Waals surface area contributed by atoms with E-state index in [0.29, 0.717) is 5.25 Å². The molecule has 4 rings (SSSR count). The monoisotopic (exact) mass is 560 g/mol. The van der Waals surface area contributed by atoms with E-state index in [-0.39, 0.29) is 11.8 Å². The highest BCUT2D eigenvalue weighted by Gasteiger charge is 2.66. The number of amides is 2. The van der Waals surface area contributed by atoms with Crippen LogP contribution >= 0.6 is 11.8 Å². The number of halogens is 3.